The van der Waals surface area contributed by atoms with Gasteiger partial charge >= 0.3 is 0 Å². The Morgan fingerprint density at radius 2 is 2.20 bits per heavy atom. The molecule has 0 aliphatic heterocycles. The summed E-state index contributed by atoms with van der Waals surface area (Å²) in [6.45, 7) is 1.49. The van der Waals surface area contributed by atoms with Gasteiger partial charge in [0.1, 0.15) is 0 Å². The van der Waals surface area contributed by atoms with Crippen LogP contribution in [0.25, 0.3) is 0 Å². The van der Waals surface area contributed by atoms with Crippen LogP contribution in [0.4, 0.5) is 0 Å². The number of aromatic amines is 1. The van der Waals surface area contributed by atoms with Crippen LogP contribution in [0.15, 0.2) is 23.1 Å². The lowest BCUT2D eigenvalue weighted by atomic mass is 10.2. The maximum Gasteiger partial charge on any atom is 0.252 e. The van der Waals surface area contributed by atoms with E-state index in [0.717, 1.165) is 13.0 Å². The van der Waals surface area contributed by atoms with Gasteiger partial charge in [0, 0.05) is 18.8 Å². The molecule has 0 aliphatic rings. The molecule has 1 aromatic rings. The van der Waals surface area contributed by atoms with E-state index in [9.17, 15) is 9.59 Å². The minimum absolute atomic E-state index is 0.164. The second-order valence-electron chi connectivity index (χ2n) is 3.15. The third-order valence-corrected chi connectivity index (χ3v) is 1.94. The number of pyridine rings is 1. The molecule has 0 bridgehead atoms. The molecule has 82 valence electrons. The van der Waals surface area contributed by atoms with Crippen molar-refractivity contribution in [3.63, 3.8) is 0 Å². The molecule has 0 fully saturated rings. The molecule has 1 aromatic heterocycles. The number of amides is 1. The van der Waals surface area contributed by atoms with Crippen LogP contribution in [0, 0.1) is 0 Å². The number of carbonyl (C=O) groups is 1. The highest BCUT2D eigenvalue weighted by Crippen LogP contribution is 1.92. The zero-order valence-corrected chi connectivity index (χ0v) is 8.67. The first kappa shape index (κ1) is 11.5. The molecule has 3 N–H and O–H groups in total. The molecule has 5 nitrogen and oxygen atoms in total. The summed E-state index contributed by atoms with van der Waals surface area (Å²) in [6, 6.07) is 2.84. The summed E-state index contributed by atoms with van der Waals surface area (Å²) in [5.41, 5.74) is 0.265. The maximum absolute atomic E-state index is 11.5. The predicted octanol–water partition coefficient (Wildman–Crippen LogP) is -0.286. The van der Waals surface area contributed by atoms with E-state index in [0.29, 0.717) is 12.1 Å². The predicted molar refractivity (Wildman–Crippen MR) is 57.9 cm³/mol. The Hall–Kier alpha value is -1.62. The number of rotatable bonds is 5. The molecule has 0 unspecified atom stereocenters. The van der Waals surface area contributed by atoms with Gasteiger partial charge in [-0.05, 0) is 26.1 Å². The minimum Gasteiger partial charge on any atom is -0.352 e. The summed E-state index contributed by atoms with van der Waals surface area (Å²) < 4.78 is 0. The van der Waals surface area contributed by atoms with E-state index in [4.69, 9.17) is 0 Å². The first-order chi connectivity index (χ1) is 7.24. The minimum atomic E-state index is -0.207. The largest absolute Gasteiger partial charge is 0.352 e. The Balaban J connectivity index is 2.40. The van der Waals surface area contributed by atoms with Gasteiger partial charge in [0.25, 0.3) is 5.91 Å². The molecule has 0 atom stereocenters. The second kappa shape index (κ2) is 5.98. The average Bonchev–Trinajstić information content (AvgIpc) is 2.25. The Bertz CT molecular complexity index is 353. The van der Waals surface area contributed by atoms with E-state index in [1.807, 2.05) is 7.05 Å². The van der Waals surface area contributed by atoms with Crippen LogP contribution in [0.2, 0.25) is 0 Å². The van der Waals surface area contributed by atoms with E-state index in [2.05, 4.69) is 15.6 Å². The molecule has 0 aliphatic carbocycles. The number of nitrogens with one attached hydrogen (secondary N) is 3. The Morgan fingerprint density at radius 1 is 1.40 bits per heavy atom. The third-order valence-electron chi connectivity index (χ3n) is 1.94. The summed E-state index contributed by atoms with van der Waals surface area (Å²) in [6.07, 6.45) is 2.29. The molecule has 0 saturated heterocycles. The highest BCUT2D eigenvalue weighted by molar-refractivity contribution is 5.93. The number of H-pyrrole nitrogens is 1. The van der Waals surface area contributed by atoms with Crippen LogP contribution in [0.1, 0.15) is 16.8 Å². The molecular weight excluding hydrogens is 194 g/mol. The van der Waals surface area contributed by atoms with E-state index < -0.39 is 0 Å². The van der Waals surface area contributed by atoms with E-state index in [-0.39, 0.29) is 11.5 Å². The van der Waals surface area contributed by atoms with Crippen molar-refractivity contribution in [3.8, 4) is 0 Å². The molecular formula is C10H15N3O2. The first-order valence-electron chi connectivity index (χ1n) is 4.85. The SMILES string of the molecule is CNCCCNC(=O)c1ccc(=O)[nH]c1. The number of hydrogen-bond donors (Lipinski definition) is 3. The fourth-order valence-corrected chi connectivity index (χ4v) is 1.12. The molecule has 0 radical (unpaired) electrons. The molecule has 0 saturated carbocycles. The topological polar surface area (TPSA) is 74.0 Å². The number of hydrogen-bond acceptors (Lipinski definition) is 3. The van der Waals surface area contributed by atoms with Gasteiger partial charge in [-0.1, -0.05) is 0 Å². The quantitative estimate of drug-likeness (QED) is 0.584. The Labute approximate surface area is 87.9 Å². The number of aromatic nitrogens is 1. The smallest absolute Gasteiger partial charge is 0.252 e. The van der Waals surface area contributed by atoms with Crippen LogP contribution >= 0.6 is 0 Å². The second-order valence-corrected chi connectivity index (χ2v) is 3.15. The zero-order chi connectivity index (χ0) is 11.1. The maximum atomic E-state index is 11.5. The molecule has 5 heteroatoms. The number of carbonyl (C=O) groups excluding carboxylic acids is 1. The van der Waals surface area contributed by atoms with Crippen molar-refractivity contribution in [2.75, 3.05) is 20.1 Å². The van der Waals surface area contributed by atoms with Crippen molar-refractivity contribution in [2.45, 2.75) is 6.42 Å². The monoisotopic (exact) mass is 209 g/mol. The summed E-state index contributed by atoms with van der Waals surface area (Å²) in [4.78, 5) is 24.7. The molecule has 1 rings (SSSR count). The Morgan fingerprint density at radius 3 is 2.80 bits per heavy atom. The lowest BCUT2D eigenvalue weighted by molar-refractivity contribution is 0.0953. The van der Waals surface area contributed by atoms with E-state index in [1.165, 1.54) is 18.3 Å². The van der Waals surface area contributed by atoms with Gasteiger partial charge in [-0.15, -0.1) is 0 Å². The molecule has 0 spiro atoms. The van der Waals surface area contributed by atoms with Crippen molar-refractivity contribution in [2.24, 2.45) is 0 Å². The van der Waals surface area contributed by atoms with Crippen LogP contribution in [-0.4, -0.2) is 31.0 Å². The van der Waals surface area contributed by atoms with E-state index in [1.54, 1.807) is 0 Å². The van der Waals surface area contributed by atoms with Gasteiger partial charge in [0.05, 0.1) is 5.56 Å². The molecule has 1 amide bonds. The highest BCUT2D eigenvalue weighted by atomic mass is 16.1. The fourth-order valence-electron chi connectivity index (χ4n) is 1.12. The average molecular weight is 209 g/mol. The van der Waals surface area contributed by atoms with Crippen molar-refractivity contribution < 1.29 is 4.79 Å². The van der Waals surface area contributed by atoms with Crippen LogP contribution in [0.3, 0.4) is 0 Å². The standard InChI is InChI=1S/C10H15N3O2/c1-11-5-2-6-12-10(15)8-3-4-9(14)13-7-8/h3-4,7,11H,2,5-6H2,1H3,(H,12,15)(H,13,14). The highest BCUT2D eigenvalue weighted by Gasteiger charge is 2.03. The summed E-state index contributed by atoms with van der Waals surface area (Å²) in [5, 5.41) is 5.74. The molecule has 0 aromatic carbocycles. The van der Waals surface area contributed by atoms with Gasteiger partial charge < -0.3 is 15.6 Å². The lowest BCUT2D eigenvalue weighted by Gasteiger charge is -2.04. The Kier molecular flexibility index (Phi) is 4.56. The molecule has 1 heterocycles. The molecule has 15 heavy (non-hydrogen) atoms. The van der Waals surface area contributed by atoms with Gasteiger partial charge in [-0.2, -0.15) is 0 Å². The van der Waals surface area contributed by atoms with Crippen LogP contribution in [-0.2, 0) is 0 Å². The van der Waals surface area contributed by atoms with Crippen LogP contribution in [0.5, 0.6) is 0 Å². The fraction of sp³-hybridized carbons (Fsp3) is 0.400. The zero-order valence-electron chi connectivity index (χ0n) is 8.67. The van der Waals surface area contributed by atoms with Gasteiger partial charge in [0.15, 0.2) is 0 Å². The lowest BCUT2D eigenvalue weighted by Crippen LogP contribution is -2.27. The van der Waals surface area contributed by atoms with Gasteiger partial charge in [-0.25, -0.2) is 0 Å². The van der Waals surface area contributed by atoms with Crippen molar-refractivity contribution in [3.05, 3.63) is 34.2 Å². The van der Waals surface area contributed by atoms with Gasteiger partial charge in [0.2, 0.25) is 5.56 Å². The summed E-state index contributed by atoms with van der Waals surface area (Å²) in [7, 11) is 1.86. The van der Waals surface area contributed by atoms with Crippen molar-refractivity contribution in [1.82, 2.24) is 15.6 Å². The summed E-state index contributed by atoms with van der Waals surface area (Å²) >= 11 is 0. The van der Waals surface area contributed by atoms with Gasteiger partial charge in [-0.3, -0.25) is 9.59 Å². The van der Waals surface area contributed by atoms with Crippen molar-refractivity contribution in [1.29, 1.82) is 0 Å². The normalized spacial score (nSPS) is 9.93. The third kappa shape index (κ3) is 3.95. The van der Waals surface area contributed by atoms with E-state index >= 15 is 0 Å². The first-order valence-corrected chi connectivity index (χ1v) is 4.85. The van der Waals surface area contributed by atoms with Crippen LogP contribution < -0.4 is 16.2 Å². The summed E-state index contributed by atoms with van der Waals surface area (Å²) in [5.74, 6) is -0.164. The van der Waals surface area contributed by atoms with Crippen molar-refractivity contribution >= 4 is 5.91 Å².